The Bertz CT molecular complexity index is 983. The van der Waals surface area contributed by atoms with Crippen LogP contribution < -0.4 is 4.74 Å². The highest BCUT2D eigenvalue weighted by atomic mass is 79.9. The van der Waals surface area contributed by atoms with E-state index >= 15 is 0 Å². The van der Waals surface area contributed by atoms with Crippen molar-refractivity contribution in [2.45, 2.75) is 13.3 Å². The second kappa shape index (κ2) is 7.46. The Hall–Kier alpha value is -2.40. The molecule has 0 atom stereocenters. The number of nitrogens with zero attached hydrogens (tertiary/aromatic N) is 2. The second-order valence-corrected chi connectivity index (χ2v) is 7.32. The number of fused-ring (bicyclic) bond motifs is 1. The third-order valence-corrected chi connectivity index (χ3v) is 5.00. The van der Waals surface area contributed by atoms with E-state index in [1.165, 1.54) is 0 Å². The van der Waals surface area contributed by atoms with Crippen LogP contribution in [-0.2, 0) is 11.2 Å². The zero-order valence-corrected chi connectivity index (χ0v) is 16.9. The third-order valence-electron chi connectivity index (χ3n) is 4.35. The minimum absolute atomic E-state index is 0.0483. The topological polar surface area (TPSA) is 42.4 Å². The summed E-state index contributed by atoms with van der Waals surface area (Å²) in [4.78, 5) is 18.2. The first kappa shape index (κ1) is 18.4. The molecule has 3 rings (SSSR count). The number of hydrogen-bond donors (Lipinski definition) is 0. The van der Waals surface area contributed by atoms with Crippen LogP contribution in [0.2, 0.25) is 0 Å². The Morgan fingerprint density at radius 2 is 1.81 bits per heavy atom. The van der Waals surface area contributed by atoms with Crippen molar-refractivity contribution in [1.82, 2.24) is 9.88 Å². The molecule has 0 aliphatic heterocycles. The molecule has 134 valence electrons. The van der Waals surface area contributed by atoms with E-state index in [0.717, 1.165) is 43.5 Å². The number of methoxy groups -OCH3 is 1. The lowest BCUT2D eigenvalue weighted by atomic mass is 10.00. The molecule has 0 N–H and O–H groups in total. The van der Waals surface area contributed by atoms with Gasteiger partial charge in [0.1, 0.15) is 5.75 Å². The van der Waals surface area contributed by atoms with Gasteiger partial charge in [0.2, 0.25) is 5.91 Å². The summed E-state index contributed by atoms with van der Waals surface area (Å²) in [5.74, 6) is 0.769. The lowest BCUT2D eigenvalue weighted by Crippen LogP contribution is -2.23. The Morgan fingerprint density at radius 1 is 1.12 bits per heavy atom. The van der Waals surface area contributed by atoms with Gasteiger partial charge in [0.15, 0.2) is 0 Å². The quantitative estimate of drug-likeness (QED) is 0.627. The van der Waals surface area contributed by atoms with Gasteiger partial charge in [-0.25, -0.2) is 0 Å². The van der Waals surface area contributed by atoms with Gasteiger partial charge in [0.05, 0.1) is 19.0 Å². The number of carbonyl (C=O) groups is 1. The first-order valence-electron chi connectivity index (χ1n) is 8.33. The first-order valence-corrected chi connectivity index (χ1v) is 9.12. The molecule has 3 aromatic rings. The van der Waals surface area contributed by atoms with Crippen molar-refractivity contribution in [2.24, 2.45) is 0 Å². The van der Waals surface area contributed by atoms with Gasteiger partial charge in [0, 0.05) is 35.2 Å². The smallest absolute Gasteiger partial charge is 0.226 e. The summed E-state index contributed by atoms with van der Waals surface area (Å²) in [6, 6.07) is 14.2. The average Bonchev–Trinajstić information content (AvgIpc) is 2.61. The molecular formula is C21H21BrN2O2. The van der Waals surface area contributed by atoms with E-state index in [-0.39, 0.29) is 5.91 Å². The average molecular weight is 413 g/mol. The van der Waals surface area contributed by atoms with Crippen LogP contribution in [0.15, 0.2) is 46.9 Å². The van der Waals surface area contributed by atoms with Gasteiger partial charge in [-0.1, -0.05) is 34.1 Å². The van der Waals surface area contributed by atoms with Gasteiger partial charge >= 0.3 is 0 Å². The van der Waals surface area contributed by atoms with Crippen molar-refractivity contribution in [3.63, 3.8) is 0 Å². The molecular weight excluding hydrogens is 392 g/mol. The molecule has 4 nitrogen and oxygen atoms in total. The van der Waals surface area contributed by atoms with Crippen LogP contribution in [0, 0.1) is 6.92 Å². The van der Waals surface area contributed by atoms with Crippen LogP contribution in [0.5, 0.6) is 5.75 Å². The number of aryl methyl sites for hydroxylation is 1. The Morgan fingerprint density at radius 3 is 2.50 bits per heavy atom. The fourth-order valence-corrected chi connectivity index (χ4v) is 3.53. The summed E-state index contributed by atoms with van der Waals surface area (Å²) in [6.07, 6.45) is 0.322. The number of hydrogen-bond acceptors (Lipinski definition) is 3. The van der Waals surface area contributed by atoms with E-state index in [2.05, 4.69) is 33.0 Å². The zero-order chi connectivity index (χ0) is 18.8. The van der Waals surface area contributed by atoms with Crippen LogP contribution in [-0.4, -0.2) is 37.0 Å². The number of rotatable bonds is 4. The summed E-state index contributed by atoms with van der Waals surface area (Å²) in [6.45, 7) is 1.98. The van der Waals surface area contributed by atoms with E-state index in [0.29, 0.717) is 6.42 Å². The highest BCUT2D eigenvalue weighted by molar-refractivity contribution is 9.10. The van der Waals surface area contributed by atoms with Crippen LogP contribution in [0.3, 0.4) is 0 Å². The standard InChI is InChI=1S/C21H21BrN2O2/c1-13-9-18(22)17-10-14(7-8-19(17)23-13)15-5-6-16(20(11-15)26-4)12-21(25)24(2)3/h5-11H,12H2,1-4H3. The van der Waals surface area contributed by atoms with Gasteiger partial charge in [-0.15, -0.1) is 0 Å². The van der Waals surface area contributed by atoms with Crippen molar-refractivity contribution < 1.29 is 9.53 Å². The number of likely N-dealkylation sites (N-methyl/N-ethyl adjacent to an activating group) is 1. The molecule has 0 aliphatic carbocycles. The molecule has 2 aromatic carbocycles. The molecule has 0 radical (unpaired) electrons. The van der Waals surface area contributed by atoms with E-state index < -0.39 is 0 Å². The van der Waals surface area contributed by atoms with E-state index in [1.807, 2.05) is 37.3 Å². The van der Waals surface area contributed by atoms with Gasteiger partial charge in [-0.05, 0) is 42.3 Å². The van der Waals surface area contributed by atoms with Gasteiger partial charge < -0.3 is 9.64 Å². The lowest BCUT2D eigenvalue weighted by molar-refractivity contribution is -0.127. The fraction of sp³-hybridized carbons (Fsp3) is 0.238. The number of pyridine rings is 1. The van der Waals surface area contributed by atoms with E-state index in [1.54, 1.807) is 26.1 Å². The predicted octanol–water partition coefficient (Wildman–Crippen LogP) is 4.61. The lowest BCUT2D eigenvalue weighted by Gasteiger charge is -2.14. The number of ether oxygens (including phenoxy) is 1. The van der Waals surface area contributed by atoms with Crippen LogP contribution in [0.4, 0.5) is 0 Å². The maximum Gasteiger partial charge on any atom is 0.226 e. The maximum atomic E-state index is 12.0. The summed E-state index contributed by atoms with van der Waals surface area (Å²) in [5.41, 5.74) is 4.94. The second-order valence-electron chi connectivity index (χ2n) is 6.47. The molecule has 0 bridgehead atoms. The predicted molar refractivity (Wildman–Crippen MR) is 109 cm³/mol. The molecule has 5 heteroatoms. The maximum absolute atomic E-state index is 12.0. The zero-order valence-electron chi connectivity index (χ0n) is 15.3. The molecule has 0 saturated carbocycles. The molecule has 0 aliphatic rings. The van der Waals surface area contributed by atoms with Crippen molar-refractivity contribution in [3.8, 4) is 16.9 Å². The molecule has 0 fully saturated rings. The number of carbonyl (C=O) groups excluding carboxylic acids is 1. The minimum atomic E-state index is 0.0483. The Kier molecular flexibility index (Phi) is 5.28. The number of benzene rings is 2. The number of amides is 1. The highest BCUT2D eigenvalue weighted by Crippen LogP contribution is 2.32. The monoisotopic (exact) mass is 412 g/mol. The van der Waals surface area contributed by atoms with Gasteiger partial charge in [-0.3, -0.25) is 9.78 Å². The Labute approximate surface area is 161 Å². The van der Waals surface area contributed by atoms with Crippen molar-refractivity contribution >= 4 is 32.7 Å². The summed E-state index contributed by atoms with van der Waals surface area (Å²) in [5, 5.41) is 1.07. The number of aromatic nitrogens is 1. The van der Waals surface area contributed by atoms with Gasteiger partial charge in [-0.2, -0.15) is 0 Å². The highest BCUT2D eigenvalue weighted by Gasteiger charge is 2.12. The number of halogens is 1. The summed E-state index contributed by atoms with van der Waals surface area (Å²) < 4.78 is 6.55. The minimum Gasteiger partial charge on any atom is -0.496 e. The van der Waals surface area contributed by atoms with Crippen LogP contribution in [0.25, 0.3) is 22.0 Å². The third kappa shape index (κ3) is 3.73. The normalized spacial score (nSPS) is 10.8. The first-order chi connectivity index (χ1) is 12.4. The van der Waals surface area contributed by atoms with E-state index in [9.17, 15) is 4.79 Å². The largest absolute Gasteiger partial charge is 0.496 e. The molecule has 1 amide bonds. The van der Waals surface area contributed by atoms with Crippen molar-refractivity contribution in [1.29, 1.82) is 0 Å². The van der Waals surface area contributed by atoms with Crippen molar-refractivity contribution in [3.05, 3.63) is 58.2 Å². The van der Waals surface area contributed by atoms with E-state index in [4.69, 9.17) is 4.74 Å². The molecule has 0 unspecified atom stereocenters. The summed E-state index contributed by atoms with van der Waals surface area (Å²) >= 11 is 3.63. The molecule has 0 saturated heterocycles. The van der Waals surface area contributed by atoms with Gasteiger partial charge in [0.25, 0.3) is 0 Å². The van der Waals surface area contributed by atoms with Crippen molar-refractivity contribution in [2.75, 3.05) is 21.2 Å². The van der Waals surface area contributed by atoms with Crippen LogP contribution in [0.1, 0.15) is 11.3 Å². The Balaban J connectivity index is 2.01. The molecule has 0 spiro atoms. The fourth-order valence-electron chi connectivity index (χ4n) is 2.88. The van der Waals surface area contributed by atoms with Crippen LogP contribution >= 0.6 is 15.9 Å². The SMILES string of the molecule is COc1cc(-c2ccc3nc(C)cc(Br)c3c2)ccc1CC(=O)N(C)C. The summed E-state index contributed by atoms with van der Waals surface area (Å²) in [7, 11) is 5.14. The molecule has 26 heavy (non-hydrogen) atoms. The molecule has 1 heterocycles. The molecule has 1 aromatic heterocycles.